The number of hydrogen-bond acceptors (Lipinski definition) is 2. The van der Waals surface area contributed by atoms with Crippen molar-refractivity contribution in [3.63, 3.8) is 0 Å². The first-order valence-corrected chi connectivity index (χ1v) is 8.99. The molecule has 1 heterocycles. The highest BCUT2D eigenvalue weighted by atomic mass is 19.1. The monoisotopic (exact) mass is 352 g/mol. The first-order chi connectivity index (χ1) is 12.5. The zero-order valence-electron chi connectivity index (χ0n) is 14.7. The zero-order chi connectivity index (χ0) is 18.3. The van der Waals surface area contributed by atoms with E-state index in [1.165, 1.54) is 23.8 Å². The van der Waals surface area contributed by atoms with Crippen molar-refractivity contribution in [2.24, 2.45) is 11.8 Å². The Morgan fingerprint density at radius 2 is 1.88 bits per heavy atom. The molecular formula is C21H21FN2O2. The Morgan fingerprint density at radius 3 is 2.62 bits per heavy atom. The molecule has 4 rings (SSSR count). The highest BCUT2D eigenvalue weighted by Gasteiger charge is 2.39. The molecule has 0 unspecified atom stereocenters. The molecule has 0 radical (unpaired) electrons. The number of benzene rings is 2. The van der Waals surface area contributed by atoms with E-state index in [-0.39, 0.29) is 23.3 Å². The van der Waals surface area contributed by atoms with E-state index in [2.05, 4.69) is 11.4 Å². The number of carbonyl (C=O) groups excluding carboxylic acids is 2. The van der Waals surface area contributed by atoms with Gasteiger partial charge in [-0.05, 0) is 48.1 Å². The molecule has 0 aromatic heterocycles. The molecule has 4 nitrogen and oxygen atoms in total. The second kappa shape index (κ2) is 6.56. The third kappa shape index (κ3) is 3.21. The van der Waals surface area contributed by atoms with Crippen LogP contribution in [0.2, 0.25) is 0 Å². The van der Waals surface area contributed by atoms with Gasteiger partial charge < -0.3 is 10.2 Å². The number of rotatable bonds is 3. The lowest BCUT2D eigenvalue weighted by Gasteiger charge is -2.29. The third-order valence-electron chi connectivity index (χ3n) is 5.33. The summed E-state index contributed by atoms with van der Waals surface area (Å²) in [6.45, 7) is 3.10. The van der Waals surface area contributed by atoms with Gasteiger partial charge in [-0.3, -0.25) is 9.59 Å². The summed E-state index contributed by atoms with van der Waals surface area (Å²) in [5.41, 5.74) is 2.96. The van der Waals surface area contributed by atoms with Crippen LogP contribution in [0.3, 0.4) is 0 Å². The summed E-state index contributed by atoms with van der Waals surface area (Å²) >= 11 is 0. The van der Waals surface area contributed by atoms with Crippen LogP contribution in [-0.2, 0) is 17.8 Å². The van der Waals surface area contributed by atoms with E-state index in [1.54, 1.807) is 4.90 Å². The van der Waals surface area contributed by atoms with Crippen molar-refractivity contribution in [3.05, 3.63) is 65.0 Å². The number of anilines is 1. The fourth-order valence-electron chi connectivity index (χ4n) is 3.55. The fourth-order valence-corrected chi connectivity index (χ4v) is 3.55. The molecule has 2 aliphatic rings. The predicted octanol–water partition coefficient (Wildman–Crippen LogP) is 3.62. The van der Waals surface area contributed by atoms with E-state index >= 15 is 0 Å². The van der Waals surface area contributed by atoms with Gasteiger partial charge in [0.05, 0.1) is 11.3 Å². The molecule has 0 saturated heterocycles. The maximum absolute atomic E-state index is 13.8. The molecule has 2 atom stereocenters. The molecule has 2 aromatic rings. The number of carbonyl (C=O) groups is 2. The first kappa shape index (κ1) is 16.8. The van der Waals surface area contributed by atoms with Gasteiger partial charge in [-0.15, -0.1) is 0 Å². The van der Waals surface area contributed by atoms with Crippen LogP contribution in [0.25, 0.3) is 0 Å². The molecule has 5 heteroatoms. The number of nitrogens with zero attached hydrogens (tertiary/aromatic N) is 1. The summed E-state index contributed by atoms with van der Waals surface area (Å²) in [4.78, 5) is 27.0. The molecule has 0 bridgehead atoms. The Morgan fingerprint density at radius 1 is 1.15 bits per heavy atom. The van der Waals surface area contributed by atoms with Crippen molar-refractivity contribution >= 4 is 17.5 Å². The van der Waals surface area contributed by atoms with E-state index in [0.29, 0.717) is 24.7 Å². The van der Waals surface area contributed by atoms with Crippen LogP contribution in [0.1, 0.15) is 34.8 Å². The van der Waals surface area contributed by atoms with Crippen molar-refractivity contribution in [1.82, 2.24) is 4.90 Å². The second-order valence-corrected chi connectivity index (χ2v) is 7.24. The van der Waals surface area contributed by atoms with Crippen LogP contribution in [0, 0.1) is 17.7 Å². The van der Waals surface area contributed by atoms with E-state index in [4.69, 9.17) is 0 Å². The van der Waals surface area contributed by atoms with Crippen molar-refractivity contribution in [1.29, 1.82) is 0 Å². The van der Waals surface area contributed by atoms with Gasteiger partial charge in [0.15, 0.2) is 0 Å². The largest absolute Gasteiger partial charge is 0.334 e. The standard InChI is InChI=1S/C21H21FN2O2/c1-13-10-17(13)20(25)23-19-7-6-16(22)11-18(19)21(26)24-9-8-14-4-2-3-5-15(14)12-24/h2-7,11,13,17H,8-10,12H2,1H3,(H,23,25)/t13-,17+/m0/s1. The van der Waals surface area contributed by atoms with Gasteiger partial charge in [-0.1, -0.05) is 31.2 Å². The Labute approximate surface area is 152 Å². The van der Waals surface area contributed by atoms with Crippen LogP contribution in [-0.4, -0.2) is 23.3 Å². The van der Waals surface area contributed by atoms with E-state index in [0.717, 1.165) is 18.4 Å². The van der Waals surface area contributed by atoms with Gasteiger partial charge in [-0.2, -0.15) is 0 Å². The van der Waals surface area contributed by atoms with Crippen molar-refractivity contribution in [2.75, 3.05) is 11.9 Å². The van der Waals surface area contributed by atoms with Crippen molar-refractivity contribution < 1.29 is 14.0 Å². The lowest BCUT2D eigenvalue weighted by molar-refractivity contribution is -0.117. The topological polar surface area (TPSA) is 49.4 Å². The first-order valence-electron chi connectivity index (χ1n) is 8.99. The fraction of sp³-hybridized carbons (Fsp3) is 0.333. The smallest absolute Gasteiger partial charge is 0.256 e. The summed E-state index contributed by atoms with van der Waals surface area (Å²) in [5.74, 6) is -0.470. The number of nitrogens with one attached hydrogen (secondary N) is 1. The minimum Gasteiger partial charge on any atom is -0.334 e. The van der Waals surface area contributed by atoms with Crippen LogP contribution in [0.4, 0.5) is 10.1 Å². The van der Waals surface area contributed by atoms with Crippen molar-refractivity contribution in [2.45, 2.75) is 26.3 Å². The summed E-state index contributed by atoms with van der Waals surface area (Å²) < 4.78 is 13.8. The molecule has 1 N–H and O–H groups in total. The highest BCUT2D eigenvalue weighted by molar-refractivity contribution is 6.04. The van der Waals surface area contributed by atoms with Gasteiger partial charge >= 0.3 is 0 Å². The molecule has 1 aliphatic carbocycles. The SMILES string of the molecule is C[C@H]1C[C@H]1C(=O)Nc1ccc(F)cc1C(=O)N1CCc2ccccc2C1. The molecule has 2 amide bonds. The maximum atomic E-state index is 13.8. The zero-order valence-corrected chi connectivity index (χ0v) is 14.7. The summed E-state index contributed by atoms with van der Waals surface area (Å²) in [5, 5.41) is 2.82. The van der Waals surface area contributed by atoms with E-state index < -0.39 is 5.82 Å². The van der Waals surface area contributed by atoms with E-state index in [9.17, 15) is 14.0 Å². The van der Waals surface area contributed by atoms with Crippen LogP contribution in [0.5, 0.6) is 0 Å². The molecule has 2 aromatic carbocycles. The molecule has 1 saturated carbocycles. The van der Waals surface area contributed by atoms with Gasteiger partial charge in [0, 0.05) is 19.0 Å². The predicted molar refractivity (Wildman–Crippen MR) is 97.2 cm³/mol. The number of hydrogen-bond donors (Lipinski definition) is 1. The second-order valence-electron chi connectivity index (χ2n) is 7.24. The molecule has 134 valence electrons. The number of halogens is 1. The summed E-state index contributed by atoms with van der Waals surface area (Å²) in [6, 6.07) is 12.0. The molecular weight excluding hydrogens is 331 g/mol. The lowest BCUT2D eigenvalue weighted by atomic mass is 9.99. The van der Waals surface area contributed by atoms with Crippen LogP contribution < -0.4 is 5.32 Å². The highest BCUT2D eigenvalue weighted by Crippen LogP contribution is 2.38. The third-order valence-corrected chi connectivity index (χ3v) is 5.33. The van der Waals surface area contributed by atoms with Crippen LogP contribution >= 0.6 is 0 Å². The van der Waals surface area contributed by atoms with Gasteiger partial charge in [-0.25, -0.2) is 4.39 Å². The molecule has 26 heavy (non-hydrogen) atoms. The summed E-state index contributed by atoms with van der Waals surface area (Å²) in [6.07, 6.45) is 1.64. The maximum Gasteiger partial charge on any atom is 0.256 e. The number of amides is 2. The summed E-state index contributed by atoms with van der Waals surface area (Å²) in [7, 11) is 0. The normalized spacial score (nSPS) is 21.1. The van der Waals surface area contributed by atoms with Gasteiger partial charge in [0.2, 0.25) is 5.91 Å². The minimum atomic E-state index is -0.483. The Balaban J connectivity index is 1.57. The average molecular weight is 352 g/mol. The molecule has 1 fully saturated rings. The molecule has 1 aliphatic heterocycles. The Bertz CT molecular complexity index is 880. The lowest BCUT2D eigenvalue weighted by Crippen LogP contribution is -2.36. The average Bonchev–Trinajstić information content (AvgIpc) is 3.39. The molecule has 0 spiro atoms. The van der Waals surface area contributed by atoms with Gasteiger partial charge in [0.25, 0.3) is 5.91 Å². The quantitative estimate of drug-likeness (QED) is 0.917. The minimum absolute atomic E-state index is 0.00938. The Kier molecular flexibility index (Phi) is 4.23. The van der Waals surface area contributed by atoms with E-state index in [1.807, 2.05) is 25.1 Å². The van der Waals surface area contributed by atoms with Crippen molar-refractivity contribution in [3.8, 4) is 0 Å². The number of fused-ring (bicyclic) bond motifs is 1. The van der Waals surface area contributed by atoms with Crippen LogP contribution in [0.15, 0.2) is 42.5 Å². The van der Waals surface area contributed by atoms with Gasteiger partial charge in [0.1, 0.15) is 5.82 Å². The Hall–Kier alpha value is -2.69.